The lowest BCUT2D eigenvalue weighted by Gasteiger charge is -2.24. The van der Waals surface area contributed by atoms with E-state index in [2.05, 4.69) is 32.6 Å². The molecule has 0 fully saturated rings. The van der Waals surface area contributed by atoms with Gasteiger partial charge in [-0.3, -0.25) is 9.59 Å². The van der Waals surface area contributed by atoms with Crippen LogP contribution in [0.4, 0.5) is 5.69 Å². The molecule has 8 nitrogen and oxygen atoms in total. The predicted octanol–water partition coefficient (Wildman–Crippen LogP) is 2.88. The van der Waals surface area contributed by atoms with Crippen LogP contribution in [-0.2, 0) is 4.79 Å². The summed E-state index contributed by atoms with van der Waals surface area (Å²) in [6.07, 6.45) is 1.12. The van der Waals surface area contributed by atoms with Crippen LogP contribution in [0.2, 0.25) is 0 Å². The number of thiazole rings is 1. The molecule has 2 aliphatic heterocycles. The number of carbonyl (C=O) groups is 1. The Bertz CT molecular complexity index is 1580. The molecule has 1 unspecified atom stereocenters. The van der Waals surface area contributed by atoms with Crippen molar-refractivity contribution in [1.82, 2.24) is 14.6 Å². The fraction of sp³-hybridized carbons (Fsp3) is 0.130. The lowest BCUT2D eigenvalue weighted by molar-refractivity contribution is -0.112. The van der Waals surface area contributed by atoms with Gasteiger partial charge < -0.3 is 14.4 Å². The van der Waals surface area contributed by atoms with E-state index in [9.17, 15) is 9.59 Å². The highest BCUT2D eigenvalue weighted by Gasteiger charge is 2.34. The number of nitrogens with zero attached hydrogens (tertiary/aromatic N) is 4. The standard InChI is InChI=1S/C23H15BrN4O4S/c1-2-9-27-14-8-7-12(24)10-13(14)18(21(27)29)19-22(30)28-23(33-19)25-20(26-28)17-11-31-15-5-3-4-6-16(15)32-17/h2-8,10,17H,1,9,11H2. The Hall–Kier alpha value is -3.50. The van der Waals surface area contributed by atoms with E-state index >= 15 is 0 Å². The molecule has 0 radical (unpaired) electrons. The van der Waals surface area contributed by atoms with Crippen molar-refractivity contribution in [3.05, 3.63) is 85.9 Å². The lowest BCUT2D eigenvalue weighted by atomic mass is 10.1. The minimum absolute atomic E-state index is 0.240. The predicted molar refractivity (Wildman–Crippen MR) is 127 cm³/mol. The number of hydrogen-bond donors (Lipinski definition) is 0. The van der Waals surface area contributed by atoms with Crippen molar-refractivity contribution in [3.8, 4) is 11.5 Å². The molecule has 4 heterocycles. The first-order valence-electron chi connectivity index (χ1n) is 10.1. The Balaban J connectivity index is 1.46. The number of para-hydroxylation sites is 2. The molecule has 1 amide bonds. The van der Waals surface area contributed by atoms with Crippen molar-refractivity contribution in [3.63, 3.8) is 0 Å². The van der Waals surface area contributed by atoms with E-state index in [1.54, 1.807) is 11.0 Å². The summed E-state index contributed by atoms with van der Waals surface area (Å²) in [6, 6.07) is 12.9. The fourth-order valence-corrected chi connectivity index (χ4v) is 5.38. The number of ether oxygens (including phenoxy) is 2. The van der Waals surface area contributed by atoms with Crippen LogP contribution in [0.25, 0.3) is 10.5 Å². The SMILES string of the molecule is C=CCN1C(=O)C(=c2sc3nc(C4COc5ccccc5O4)nn3c2=O)c2cc(Br)ccc21. The summed E-state index contributed by atoms with van der Waals surface area (Å²) in [6.45, 7) is 4.32. The van der Waals surface area contributed by atoms with Crippen LogP contribution in [-0.4, -0.2) is 33.7 Å². The molecule has 0 bridgehead atoms. The van der Waals surface area contributed by atoms with Crippen LogP contribution in [0.1, 0.15) is 17.5 Å². The second-order valence-corrected chi connectivity index (χ2v) is 9.40. The second-order valence-electron chi connectivity index (χ2n) is 7.51. The van der Waals surface area contributed by atoms with Gasteiger partial charge in [-0.25, -0.2) is 0 Å². The summed E-state index contributed by atoms with van der Waals surface area (Å²) in [5, 5.41) is 4.39. The Labute approximate surface area is 199 Å². The normalized spacial score (nSPS) is 18.6. The summed E-state index contributed by atoms with van der Waals surface area (Å²) in [5.41, 5.74) is 1.39. The number of anilines is 1. The second kappa shape index (κ2) is 7.53. The molecule has 2 aliphatic rings. The van der Waals surface area contributed by atoms with Crippen LogP contribution >= 0.6 is 27.3 Å². The highest BCUT2D eigenvalue weighted by molar-refractivity contribution is 9.10. The molecule has 6 rings (SSSR count). The summed E-state index contributed by atoms with van der Waals surface area (Å²) in [7, 11) is 0. The number of fused-ring (bicyclic) bond motifs is 3. The largest absolute Gasteiger partial charge is 0.485 e. The Morgan fingerprint density at radius 2 is 2.03 bits per heavy atom. The molecule has 0 saturated carbocycles. The van der Waals surface area contributed by atoms with E-state index in [1.165, 1.54) is 4.52 Å². The fourth-order valence-electron chi connectivity index (χ4n) is 4.02. The van der Waals surface area contributed by atoms with Gasteiger partial charge in [-0.15, -0.1) is 11.7 Å². The first kappa shape index (κ1) is 20.1. The van der Waals surface area contributed by atoms with E-state index in [4.69, 9.17) is 9.47 Å². The van der Waals surface area contributed by atoms with Crippen molar-refractivity contribution >= 4 is 49.4 Å². The monoisotopic (exact) mass is 522 g/mol. The highest BCUT2D eigenvalue weighted by Crippen LogP contribution is 2.37. The number of amides is 1. The zero-order valence-corrected chi connectivity index (χ0v) is 19.4. The molecule has 0 aliphatic carbocycles. The van der Waals surface area contributed by atoms with E-state index in [1.807, 2.05) is 42.5 Å². The average Bonchev–Trinajstić information content (AvgIpc) is 3.45. The molecule has 2 aromatic carbocycles. The molecule has 0 N–H and O–H groups in total. The van der Waals surface area contributed by atoms with Crippen molar-refractivity contribution in [2.75, 3.05) is 18.1 Å². The van der Waals surface area contributed by atoms with Crippen LogP contribution in [0.5, 0.6) is 11.5 Å². The molecule has 0 saturated heterocycles. The molecule has 4 aromatic rings. The molecular weight excluding hydrogens is 508 g/mol. The molecule has 0 spiro atoms. The van der Waals surface area contributed by atoms with Gasteiger partial charge in [0.2, 0.25) is 4.96 Å². The van der Waals surface area contributed by atoms with Gasteiger partial charge in [0.05, 0.1) is 11.3 Å². The minimum atomic E-state index is -0.532. The Kier molecular flexibility index (Phi) is 4.59. The van der Waals surface area contributed by atoms with Crippen LogP contribution < -0.4 is 24.5 Å². The van der Waals surface area contributed by atoms with Crippen LogP contribution in [0.15, 0.2) is 64.4 Å². The van der Waals surface area contributed by atoms with Crippen molar-refractivity contribution in [1.29, 1.82) is 0 Å². The van der Waals surface area contributed by atoms with E-state index in [-0.39, 0.29) is 18.1 Å². The van der Waals surface area contributed by atoms with Crippen molar-refractivity contribution in [2.24, 2.45) is 0 Å². The Morgan fingerprint density at radius 3 is 2.82 bits per heavy atom. The maximum atomic E-state index is 13.3. The smallest absolute Gasteiger partial charge is 0.291 e. The van der Waals surface area contributed by atoms with Crippen molar-refractivity contribution in [2.45, 2.75) is 6.10 Å². The molecule has 164 valence electrons. The first-order valence-corrected chi connectivity index (χ1v) is 11.7. The highest BCUT2D eigenvalue weighted by atomic mass is 79.9. The number of carbonyl (C=O) groups excluding carboxylic acids is 1. The minimum Gasteiger partial charge on any atom is -0.485 e. The Morgan fingerprint density at radius 1 is 1.21 bits per heavy atom. The summed E-state index contributed by atoms with van der Waals surface area (Å²) in [4.78, 5) is 33.1. The molecule has 10 heteroatoms. The summed E-state index contributed by atoms with van der Waals surface area (Å²) < 4.78 is 14.1. The number of rotatable bonds is 3. The lowest BCUT2D eigenvalue weighted by Crippen LogP contribution is -2.32. The van der Waals surface area contributed by atoms with Gasteiger partial charge in [0.1, 0.15) is 11.1 Å². The molecular formula is C23H15BrN4O4S. The van der Waals surface area contributed by atoms with E-state index in [0.29, 0.717) is 44.5 Å². The third-order valence-electron chi connectivity index (χ3n) is 5.49. The first-order chi connectivity index (χ1) is 16.0. The van der Waals surface area contributed by atoms with Gasteiger partial charge in [-0.2, -0.15) is 9.50 Å². The number of benzene rings is 2. The van der Waals surface area contributed by atoms with E-state index < -0.39 is 6.10 Å². The number of hydrogen-bond acceptors (Lipinski definition) is 7. The molecule has 2 aromatic heterocycles. The third-order valence-corrected chi connectivity index (χ3v) is 7.01. The third kappa shape index (κ3) is 3.09. The van der Waals surface area contributed by atoms with Gasteiger partial charge in [0.15, 0.2) is 23.4 Å². The van der Waals surface area contributed by atoms with Crippen molar-refractivity contribution < 1.29 is 14.3 Å². The maximum Gasteiger partial charge on any atom is 0.291 e. The van der Waals surface area contributed by atoms with Crippen LogP contribution in [0, 0.1) is 0 Å². The van der Waals surface area contributed by atoms with Gasteiger partial charge in [0, 0.05) is 16.6 Å². The van der Waals surface area contributed by atoms with Gasteiger partial charge in [0.25, 0.3) is 11.5 Å². The van der Waals surface area contributed by atoms with Gasteiger partial charge in [-0.05, 0) is 30.3 Å². The zero-order valence-electron chi connectivity index (χ0n) is 17.0. The van der Waals surface area contributed by atoms with Crippen LogP contribution in [0.3, 0.4) is 0 Å². The zero-order chi connectivity index (χ0) is 22.7. The maximum absolute atomic E-state index is 13.3. The average molecular weight is 523 g/mol. The van der Waals surface area contributed by atoms with Gasteiger partial charge >= 0.3 is 0 Å². The number of aromatic nitrogens is 3. The summed E-state index contributed by atoms with van der Waals surface area (Å²) in [5.74, 6) is 1.38. The van der Waals surface area contributed by atoms with E-state index in [0.717, 1.165) is 21.5 Å². The topological polar surface area (TPSA) is 86.0 Å². The number of halogens is 1. The van der Waals surface area contributed by atoms with Gasteiger partial charge in [-0.1, -0.05) is 45.5 Å². The molecule has 33 heavy (non-hydrogen) atoms. The molecule has 1 atom stereocenters. The summed E-state index contributed by atoms with van der Waals surface area (Å²) >= 11 is 4.60. The quantitative estimate of drug-likeness (QED) is 0.384.